The van der Waals surface area contributed by atoms with Crippen molar-refractivity contribution in [3.05, 3.63) is 23.8 Å². The van der Waals surface area contributed by atoms with E-state index in [4.69, 9.17) is 5.73 Å². The third-order valence-electron chi connectivity index (χ3n) is 2.70. The summed E-state index contributed by atoms with van der Waals surface area (Å²) >= 11 is 0. The van der Waals surface area contributed by atoms with Gasteiger partial charge in [0.15, 0.2) is 9.84 Å². The summed E-state index contributed by atoms with van der Waals surface area (Å²) in [7, 11) is -7.88. The molecule has 21 heavy (non-hydrogen) atoms. The SMILES string of the molecule is Cc1ccc(S(C)(=O)=O)cc1S(=O)(=O)NCC(F)(F)CN. The second-order valence-corrected chi connectivity index (χ2v) is 8.34. The van der Waals surface area contributed by atoms with Gasteiger partial charge in [0.2, 0.25) is 10.0 Å². The van der Waals surface area contributed by atoms with Gasteiger partial charge in [-0.05, 0) is 24.6 Å². The molecule has 1 aromatic rings. The molecule has 0 aliphatic heterocycles. The third-order valence-corrected chi connectivity index (χ3v) is 5.35. The topological polar surface area (TPSA) is 106 Å². The molecule has 0 radical (unpaired) electrons. The number of hydrogen-bond acceptors (Lipinski definition) is 5. The van der Waals surface area contributed by atoms with Crippen molar-refractivity contribution in [2.24, 2.45) is 5.73 Å². The molecule has 0 spiro atoms. The first kappa shape index (κ1) is 18.0. The minimum atomic E-state index is -4.27. The van der Waals surface area contributed by atoms with Crippen molar-refractivity contribution in [3.8, 4) is 0 Å². The standard InChI is InChI=1S/C11H16F2N2O4S2/c1-8-3-4-9(20(2,16)17)5-10(8)21(18,19)15-7-11(12,13)6-14/h3-5,15H,6-7,14H2,1-2H3. The highest BCUT2D eigenvalue weighted by molar-refractivity contribution is 7.91. The molecule has 1 aromatic carbocycles. The lowest BCUT2D eigenvalue weighted by atomic mass is 10.2. The Labute approximate surface area is 122 Å². The van der Waals surface area contributed by atoms with Crippen LogP contribution < -0.4 is 10.5 Å². The lowest BCUT2D eigenvalue weighted by Crippen LogP contribution is -2.41. The van der Waals surface area contributed by atoms with E-state index in [1.54, 1.807) is 4.72 Å². The van der Waals surface area contributed by atoms with E-state index in [1.165, 1.54) is 19.1 Å². The van der Waals surface area contributed by atoms with Crippen molar-refractivity contribution in [1.29, 1.82) is 0 Å². The summed E-state index contributed by atoms with van der Waals surface area (Å²) < 4.78 is 74.7. The highest BCUT2D eigenvalue weighted by atomic mass is 32.2. The van der Waals surface area contributed by atoms with Gasteiger partial charge in [0.1, 0.15) is 0 Å². The molecule has 0 saturated heterocycles. The molecule has 1 rings (SSSR count). The maximum Gasteiger partial charge on any atom is 0.273 e. The first-order valence-electron chi connectivity index (χ1n) is 5.77. The number of halogens is 2. The minimum absolute atomic E-state index is 0.209. The van der Waals surface area contributed by atoms with Crippen molar-refractivity contribution in [1.82, 2.24) is 4.72 Å². The van der Waals surface area contributed by atoms with E-state index in [-0.39, 0.29) is 15.4 Å². The number of hydrogen-bond donors (Lipinski definition) is 2. The van der Waals surface area contributed by atoms with Gasteiger partial charge in [-0.1, -0.05) is 6.07 Å². The molecule has 0 saturated carbocycles. The lowest BCUT2D eigenvalue weighted by Gasteiger charge is -2.16. The van der Waals surface area contributed by atoms with Crippen LogP contribution in [0.15, 0.2) is 28.0 Å². The molecule has 0 heterocycles. The van der Waals surface area contributed by atoms with Gasteiger partial charge in [0, 0.05) is 6.26 Å². The fourth-order valence-electron chi connectivity index (χ4n) is 1.45. The van der Waals surface area contributed by atoms with E-state index >= 15 is 0 Å². The van der Waals surface area contributed by atoms with Gasteiger partial charge in [-0.3, -0.25) is 0 Å². The van der Waals surface area contributed by atoms with E-state index in [1.807, 2.05) is 0 Å². The normalized spacial score (nSPS) is 13.4. The number of sulfonamides is 1. The van der Waals surface area contributed by atoms with Gasteiger partial charge in [-0.2, -0.15) is 0 Å². The zero-order valence-electron chi connectivity index (χ0n) is 11.4. The van der Waals surface area contributed by atoms with Gasteiger partial charge in [-0.15, -0.1) is 0 Å². The predicted octanol–water partition coefficient (Wildman–Crippen LogP) is 0.271. The Morgan fingerprint density at radius 2 is 1.81 bits per heavy atom. The van der Waals surface area contributed by atoms with Crippen LogP contribution in [-0.4, -0.2) is 42.1 Å². The van der Waals surface area contributed by atoms with Crippen molar-refractivity contribution >= 4 is 19.9 Å². The summed E-state index contributed by atoms with van der Waals surface area (Å²) in [5.74, 6) is -3.38. The fourth-order valence-corrected chi connectivity index (χ4v) is 3.50. The summed E-state index contributed by atoms with van der Waals surface area (Å²) in [6.45, 7) is -0.728. The molecule has 0 atom stereocenters. The minimum Gasteiger partial charge on any atom is -0.325 e. The summed E-state index contributed by atoms with van der Waals surface area (Å²) in [4.78, 5) is -0.572. The highest BCUT2D eigenvalue weighted by Gasteiger charge is 2.30. The summed E-state index contributed by atoms with van der Waals surface area (Å²) in [6, 6.07) is 3.48. The molecule has 0 aliphatic carbocycles. The average Bonchev–Trinajstić information content (AvgIpc) is 2.35. The molecular weight excluding hydrogens is 326 g/mol. The van der Waals surface area contributed by atoms with Crippen LogP contribution in [0.2, 0.25) is 0 Å². The molecule has 0 aliphatic rings. The van der Waals surface area contributed by atoms with Crippen LogP contribution in [0.1, 0.15) is 5.56 Å². The number of sulfone groups is 1. The van der Waals surface area contributed by atoms with E-state index in [9.17, 15) is 25.6 Å². The zero-order chi connectivity index (χ0) is 16.5. The van der Waals surface area contributed by atoms with Crippen LogP contribution in [0.4, 0.5) is 8.78 Å². The molecule has 0 amide bonds. The van der Waals surface area contributed by atoms with Crippen molar-refractivity contribution in [2.45, 2.75) is 22.6 Å². The first-order valence-corrected chi connectivity index (χ1v) is 9.15. The quantitative estimate of drug-likeness (QED) is 0.772. The Hall–Kier alpha value is -1.10. The first-order chi connectivity index (χ1) is 9.39. The van der Waals surface area contributed by atoms with Crippen LogP contribution in [0.3, 0.4) is 0 Å². The average molecular weight is 342 g/mol. The highest BCUT2D eigenvalue weighted by Crippen LogP contribution is 2.21. The van der Waals surface area contributed by atoms with Gasteiger partial charge in [-0.25, -0.2) is 30.3 Å². The Bertz CT molecular complexity index is 731. The Morgan fingerprint density at radius 3 is 2.29 bits per heavy atom. The molecule has 0 fully saturated rings. The molecule has 0 bridgehead atoms. The number of aryl methyl sites for hydroxylation is 1. The maximum atomic E-state index is 13.0. The summed E-state index contributed by atoms with van der Waals surface area (Å²) in [5, 5.41) is 0. The Kier molecular flexibility index (Phi) is 5.09. The largest absolute Gasteiger partial charge is 0.325 e. The van der Waals surface area contributed by atoms with Crippen molar-refractivity contribution < 1.29 is 25.6 Å². The molecule has 10 heteroatoms. The molecule has 0 aromatic heterocycles. The second-order valence-electron chi connectivity index (χ2n) is 4.58. The molecule has 6 nitrogen and oxygen atoms in total. The second kappa shape index (κ2) is 5.95. The summed E-state index contributed by atoms with van der Waals surface area (Å²) in [6.07, 6.45) is 0.921. The molecule has 3 N–H and O–H groups in total. The Balaban J connectivity index is 3.20. The Morgan fingerprint density at radius 1 is 1.24 bits per heavy atom. The van der Waals surface area contributed by atoms with Crippen LogP contribution in [0, 0.1) is 6.92 Å². The van der Waals surface area contributed by atoms with Gasteiger partial charge < -0.3 is 5.73 Å². The number of nitrogens with two attached hydrogens (primary N) is 1. The van der Waals surface area contributed by atoms with Gasteiger partial charge in [0.05, 0.1) is 22.9 Å². The van der Waals surface area contributed by atoms with Crippen LogP contribution in [0.5, 0.6) is 0 Å². The van der Waals surface area contributed by atoms with E-state index in [0.717, 1.165) is 12.3 Å². The fraction of sp³-hybridized carbons (Fsp3) is 0.455. The van der Waals surface area contributed by atoms with E-state index < -0.39 is 38.9 Å². The van der Waals surface area contributed by atoms with Crippen molar-refractivity contribution in [3.63, 3.8) is 0 Å². The monoisotopic (exact) mass is 342 g/mol. The van der Waals surface area contributed by atoms with E-state index in [0.29, 0.717) is 0 Å². The lowest BCUT2D eigenvalue weighted by molar-refractivity contribution is 0.0170. The van der Waals surface area contributed by atoms with Crippen LogP contribution in [-0.2, 0) is 19.9 Å². The van der Waals surface area contributed by atoms with Crippen molar-refractivity contribution in [2.75, 3.05) is 19.3 Å². The number of alkyl halides is 2. The molecule has 0 unspecified atom stereocenters. The molecule has 120 valence electrons. The smallest absolute Gasteiger partial charge is 0.273 e. The predicted molar refractivity (Wildman–Crippen MR) is 73.5 cm³/mol. The van der Waals surface area contributed by atoms with Gasteiger partial charge in [0.25, 0.3) is 5.92 Å². The summed E-state index contributed by atoms with van der Waals surface area (Å²) in [5.41, 5.74) is 5.06. The van der Waals surface area contributed by atoms with Crippen LogP contribution >= 0.6 is 0 Å². The molecular formula is C11H16F2N2O4S2. The van der Waals surface area contributed by atoms with Gasteiger partial charge >= 0.3 is 0 Å². The zero-order valence-corrected chi connectivity index (χ0v) is 13.1. The number of nitrogens with one attached hydrogen (secondary N) is 1. The number of rotatable bonds is 6. The number of benzene rings is 1. The third kappa shape index (κ3) is 4.70. The maximum absolute atomic E-state index is 13.0. The van der Waals surface area contributed by atoms with Crippen LogP contribution in [0.25, 0.3) is 0 Å². The van der Waals surface area contributed by atoms with E-state index in [2.05, 4.69) is 0 Å².